The van der Waals surface area contributed by atoms with Gasteiger partial charge in [-0.05, 0) is 50.1 Å². The van der Waals surface area contributed by atoms with Crippen molar-refractivity contribution >= 4 is 11.8 Å². The molecule has 168 valence electrons. The van der Waals surface area contributed by atoms with Crippen LogP contribution in [-0.4, -0.2) is 39.2 Å². The lowest BCUT2D eigenvalue weighted by Crippen LogP contribution is -2.24. The SMILES string of the molecule is CCCOc1cc(C(O)C(=Cc2ccccc2OC)n2cncn2)cc2c1OC(C)(C)C2. The van der Waals surface area contributed by atoms with Crippen LogP contribution >= 0.6 is 0 Å². The zero-order valence-electron chi connectivity index (χ0n) is 18.9. The fourth-order valence-electron chi connectivity index (χ4n) is 3.91. The lowest BCUT2D eigenvalue weighted by Gasteiger charge is -2.20. The van der Waals surface area contributed by atoms with Gasteiger partial charge < -0.3 is 19.3 Å². The Labute approximate surface area is 188 Å². The molecule has 1 aliphatic rings. The number of hydrogen-bond donors (Lipinski definition) is 1. The third-order valence-corrected chi connectivity index (χ3v) is 5.33. The lowest BCUT2D eigenvalue weighted by atomic mass is 9.96. The van der Waals surface area contributed by atoms with Gasteiger partial charge in [0.1, 0.15) is 30.1 Å². The van der Waals surface area contributed by atoms with Gasteiger partial charge in [0, 0.05) is 17.5 Å². The van der Waals surface area contributed by atoms with E-state index in [-0.39, 0.29) is 5.60 Å². The number of aliphatic hydroxyl groups is 1. The molecule has 32 heavy (non-hydrogen) atoms. The fraction of sp³-hybridized carbons (Fsp3) is 0.360. The first-order chi connectivity index (χ1) is 15.4. The van der Waals surface area contributed by atoms with E-state index in [1.54, 1.807) is 18.1 Å². The highest BCUT2D eigenvalue weighted by molar-refractivity contribution is 5.76. The number of ether oxygens (including phenoxy) is 3. The van der Waals surface area contributed by atoms with Gasteiger partial charge in [-0.1, -0.05) is 25.1 Å². The van der Waals surface area contributed by atoms with Gasteiger partial charge in [-0.25, -0.2) is 9.67 Å². The molecule has 0 aliphatic carbocycles. The van der Waals surface area contributed by atoms with Gasteiger partial charge >= 0.3 is 0 Å². The van der Waals surface area contributed by atoms with Crippen LogP contribution in [0.3, 0.4) is 0 Å². The molecule has 3 aromatic rings. The van der Waals surface area contributed by atoms with Crippen LogP contribution in [0, 0.1) is 0 Å². The van der Waals surface area contributed by atoms with Crippen molar-refractivity contribution in [1.82, 2.24) is 14.8 Å². The Hall–Kier alpha value is -3.32. The minimum atomic E-state index is -0.973. The molecule has 0 fully saturated rings. The molecule has 7 nitrogen and oxygen atoms in total. The molecule has 4 rings (SSSR count). The Bertz CT molecular complexity index is 1110. The average Bonchev–Trinajstić information content (AvgIpc) is 3.42. The summed E-state index contributed by atoms with van der Waals surface area (Å²) in [7, 11) is 1.62. The maximum atomic E-state index is 11.5. The number of aliphatic hydroxyl groups excluding tert-OH is 1. The Balaban J connectivity index is 1.80. The van der Waals surface area contributed by atoms with E-state index < -0.39 is 6.10 Å². The van der Waals surface area contributed by atoms with Crippen LogP contribution in [0.25, 0.3) is 11.8 Å². The second kappa shape index (κ2) is 9.04. The van der Waals surface area contributed by atoms with Crippen molar-refractivity contribution in [2.45, 2.75) is 45.3 Å². The minimum absolute atomic E-state index is 0.321. The van der Waals surface area contributed by atoms with Crippen LogP contribution in [0.5, 0.6) is 17.2 Å². The molecule has 0 saturated heterocycles. The molecule has 0 saturated carbocycles. The summed E-state index contributed by atoms with van der Waals surface area (Å²) in [6.45, 7) is 6.73. The number of nitrogens with zero attached hydrogens (tertiary/aromatic N) is 3. The zero-order chi connectivity index (χ0) is 22.7. The van der Waals surface area contributed by atoms with E-state index in [0.717, 1.165) is 29.7 Å². The van der Waals surface area contributed by atoms with Crippen LogP contribution in [-0.2, 0) is 6.42 Å². The average molecular weight is 436 g/mol. The molecular weight excluding hydrogens is 406 g/mol. The highest BCUT2D eigenvalue weighted by Gasteiger charge is 2.34. The maximum Gasteiger partial charge on any atom is 0.165 e. The number of fused-ring (bicyclic) bond motifs is 1. The molecule has 1 N–H and O–H groups in total. The van der Waals surface area contributed by atoms with E-state index in [0.29, 0.717) is 29.4 Å². The first-order valence-electron chi connectivity index (χ1n) is 10.8. The standard InChI is InChI=1S/C25H29N3O4/c1-5-10-31-22-13-18(11-19-14-25(2,3)32-24(19)22)23(29)20(28-16-26-15-27-28)12-17-8-6-7-9-21(17)30-4/h6-9,11-13,15-16,23,29H,5,10,14H2,1-4H3. The third-order valence-electron chi connectivity index (χ3n) is 5.33. The number of hydrogen-bond acceptors (Lipinski definition) is 6. The van der Waals surface area contributed by atoms with Crippen molar-refractivity contribution in [3.05, 3.63) is 65.7 Å². The Morgan fingerprint density at radius 1 is 1.28 bits per heavy atom. The van der Waals surface area contributed by atoms with Crippen LogP contribution in [0.2, 0.25) is 0 Å². The van der Waals surface area contributed by atoms with Gasteiger partial charge in [-0.15, -0.1) is 0 Å². The zero-order valence-corrected chi connectivity index (χ0v) is 18.9. The molecule has 0 bridgehead atoms. The monoisotopic (exact) mass is 435 g/mol. The summed E-state index contributed by atoms with van der Waals surface area (Å²) < 4.78 is 19.2. The van der Waals surface area contributed by atoms with Gasteiger partial charge in [-0.3, -0.25) is 0 Å². The van der Waals surface area contributed by atoms with Crippen molar-refractivity contribution in [3.8, 4) is 17.2 Å². The molecule has 1 aromatic heterocycles. The van der Waals surface area contributed by atoms with E-state index >= 15 is 0 Å². The molecule has 7 heteroatoms. The molecule has 1 atom stereocenters. The number of benzene rings is 2. The largest absolute Gasteiger partial charge is 0.496 e. The van der Waals surface area contributed by atoms with Gasteiger partial charge in [-0.2, -0.15) is 5.10 Å². The number of aromatic nitrogens is 3. The normalized spacial score (nSPS) is 15.7. The quantitative estimate of drug-likeness (QED) is 0.560. The Morgan fingerprint density at radius 2 is 2.09 bits per heavy atom. The second-order valence-electron chi connectivity index (χ2n) is 8.45. The molecule has 0 amide bonds. The topological polar surface area (TPSA) is 78.6 Å². The van der Waals surface area contributed by atoms with E-state index in [1.807, 2.05) is 42.5 Å². The summed E-state index contributed by atoms with van der Waals surface area (Å²) in [6, 6.07) is 11.5. The smallest absolute Gasteiger partial charge is 0.165 e. The Morgan fingerprint density at radius 3 is 2.81 bits per heavy atom. The van der Waals surface area contributed by atoms with Crippen molar-refractivity contribution in [3.63, 3.8) is 0 Å². The second-order valence-corrected chi connectivity index (χ2v) is 8.45. The highest BCUT2D eigenvalue weighted by Crippen LogP contribution is 2.45. The summed E-state index contributed by atoms with van der Waals surface area (Å²) in [6.07, 6.45) is 5.51. The summed E-state index contributed by atoms with van der Waals surface area (Å²) in [5.74, 6) is 2.11. The van der Waals surface area contributed by atoms with Crippen molar-refractivity contribution in [1.29, 1.82) is 0 Å². The maximum absolute atomic E-state index is 11.5. The summed E-state index contributed by atoms with van der Waals surface area (Å²) in [4.78, 5) is 4.06. The lowest BCUT2D eigenvalue weighted by molar-refractivity contribution is 0.132. The minimum Gasteiger partial charge on any atom is -0.496 e. The predicted molar refractivity (Wildman–Crippen MR) is 123 cm³/mol. The van der Waals surface area contributed by atoms with Crippen LogP contribution in [0.1, 0.15) is 50.0 Å². The van der Waals surface area contributed by atoms with E-state index in [2.05, 4.69) is 30.9 Å². The summed E-state index contributed by atoms with van der Waals surface area (Å²) >= 11 is 0. The molecule has 0 radical (unpaired) electrons. The van der Waals surface area contributed by atoms with Crippen molar-refractivity contribution in [2.24, 2.45) is 0 Å². The molecule has 2 heterocycles. The number of rotatable bonds is 8. The first-order valence-corrected chi connectivity index (χ1v) is 10.8. The molecule has 2 aromatic carbocycles. The summed E-state index contributed by atoms with van der Waals surface area (Å²) in [5.41, 5.74) is 2.78. The van der Waals surface area contributed by atoms with Crippen LogP contribution < -0.4 is 14.2 Å². The molecular formula is C25H29N3O4. The fourth-order valence-corrected chi connectivity index (χ4v) is 3.91. The van der Waals surface area contributed by atoms with Gasteiger partial charge in [0.2, 0.25) is 0 Å². The third kappa shape index (κ3) is 4.48. The number of methoxy groups -OCH3 is 1. The predicted octanol–water partition coefficient (Wildman–Crippen LogP) is 4.52. The molecule has 1 unspecified atom stereocenters. The molecule has 1 aliphatic heterocycles. The summed E-state index contributed by atoms with van der Waals surface area (Å²) in [5, 5.41) is 15.8. The van der Waals surface area contributed by atoms with Crippen molar-refractivity contribution in [2.75, 3.05) is 13.7 Å². The van der Waals surface area contributed by atoms with E-state index in [9.17, 15) is 5.11 Å². The van der Waals surface area contributed by atoms with E-state index in [4.69, 9.17) is 14.2 Å². The van der Waals surface area contributed by atoms with Gasteiger partial charge in [0.15, 0.2) is 11.5 Å². The van der Waals surface area contributed by atoms with Crippen LogP contribution in [0.4, 0.5) is 0 Å². The highest BCUT2D eigenvalue weighted by atomic mass is 16.5. The van der Waals surface area contributed by atoms with E-state index in [1.165, 1.54) is 6.33 Å². The Kier molecular flexibility index (Phi) is 6.19. The van der Waals surface area contributed by atoms with Crippen molar-refractivity contribution < 1.29 is 19.3 Å². The molecule has 0 spiro atoms. The van der Waals surface area contributed by atoms with Crippen LogP contribution in [0.15, 0.2) is 49.1 Å². The number of para-hydroxylation sites is 1. The van der Waals surface area contributed by atoms with Gasteiger partial charge in [0.25, 0.3) is 0 Å². The van der Waals surface area contributed by atoms with Gasteiger partial charge in [0.05, 0.1) is 19.4 Å². The first kappa shape index (κ1) is 21.9.